The fourth-order valence-electron chi connectivity index (χ4n) is 3.09. The van der Waals surface area contributed by atoms with Crippen molar-refractivity contribution in [3.8, 4) is 0 Å². The second-order valence-electron chi connectivity index (χ2n) is 9.05. The van der Waals surface area contributed by atoms with Gasteiger partial charge in [0, 0.05) is 0 Å². The number of carbonyl (C=O) groups is 1. The summed E-state index contributed by atoms with van der Waals surface area (Å²) in [7, 11) is -2.32. The van der Waals surface area contributed by atoms with Gasteiger partial charge in [0.1, 0.15) is 0 Å². The molecule has 0 aliphatic carbocycles. The number of hydrogen-bond acceptors (Lipinski definition) is 11. The van der Waals surface area contributed by atoms with Crippen LogP contribution >= 0.6 is 22.6 Å². The number of aryl methyl sites for hydroxylation is 6. The average Bonchev–Trinajstić information content (AvgIpc) is 3.22. The molecule has 0 fully saturated rings. The van der Waals surface area contributed by atoms with Gasteiger partial charge in [0.25, 0.3) is 0 Å². The molecule has 5 N–H and O–H groups in total. The van der Waals surface area contributed by atoms with Crippen molar-refractivity contribution in [3.63, 3.8) is 0 Å². The highest BCUT2D eigenvalue weighted by Gasteiger charge is 2.45. The largest absolute Gasteiger partial charge is 0.726 e. The van der Waals surface area contributed by atoms with Crippen LogP contribution in [-0.2, 0) is 58.4 Å². The highest BCUT2D eigenvalue weighted by atomic mass is 127. The van der Waals surface area contributed by atoms with Gasteiger partial charge in [0.2, 0.25) is 10.4 Å². The fourth-order valence-corrected chi connectivity index (χ4v) is 3.22. The Morgan fingerprint density at radius 3 is 1.37 bits per heavy atom. The standard InChI is InChI=1S/C12H14F3N2.C8H12N2.C2HF3O2.C2H6O4S.CH3I.CH4O4S/c1-7-5-9-10(6-8(7)2)17(4)11(16(9)3)12(13,14)15;1-5-3-7(9)8(10)4-6(5)2;3-2(4,5)1(6)7;1-5-7(3,4)6-2;1-2;1-5-6(2,3)4/h5-6H,1-4H3;3-4H,9-10H2,1-2H3;(H,6,7);1-2H3;1H3;1H3,(H,2,3,4)/q+1;;;;;/p-1. The number of carboxylic acid groups (broad SMARTS) is 1. The van der Waals surface area contributed by atoms with E-state index < -0.39 is 44.9 Å². The Morgan fingerprint density at radius 2 is 1.12 bits per heavy atom. The number of hydrogen-bond donors (Lipinski definition) is 3. The van der Waals surface area contributed by atoms with Crippen LogP contribution in [0.5, 0.6) is 0 Å². The fraction of sp³-hybridized carbons (Fsp3) is 0.462. The summed E-state index contributed by atoms with van der Waals surface area (Å²) < 4.78 is 131. The highest BCUT2D eigenvalue weighted by molar-refractivity contribution is 14.1. The van der Waals surface area contributed by atoms with Crippen molar-refractivity contribution >= 4 is 71.8 Å². The molecule has 1 aromatic heterocycles. The van der Waals surface area contributed by atoms with E-state index in [1.807, 2.05) is 44.8 Å². The maximum atomic E-state index is 12.9. The maximum Gasteiger partial charge on any atom is 0.495 e. The van der Waals surface area contributed by atoms with Gasteiger partial charge >= 0.3 is 34.5 Å². The van der Waals surface area contributed by atoms with E-state index in [2.05, 4.69) is 35.1 Å². The Hall–Kier alpha value is -2.97. The van der Waals surface area contributed by atoms with E-state index in [-0.39, 0.29) is 0 Å². The third-order valence-corrected chi connectivity index (χ3v) is 6.98. The third-order valence-electron chi connectivity index (χ3n) is 5.76. The molecule has 0 unspecified atom stereocenters. The monoisotopic (exact) mass is 872 g/mol. The van der Waals surface area contributed by atoms with Crippen LogP contribution in [0.15, 0.2) is 24.3 Å². The van der Waals surface area contributed by atoms with Crippen molar-refractivity contribution in [3.05, 3.63) is 52.3 Å². The molecule has 1 heterocycles. The minimum atomic E-state index is -5.08. The molecule has 3 aromatic rings. The molecule has 23 heteroatoms. The van der Waals surface area contributed by atoms with Crippen LogP contribution in [0.25, 0.3) is 11.0 Å². The molecule has 49 heavy (non-hydrogen) atoms. The van der Waals surface area contributed by atoms with Crippen molar-refractivity contribution in [2.75, 3.05) is 37.7 Å². The molecule has 0 saturated carbocycles. The van der Waals surface area contributed by atoms with Crippen LogP contribution in [0, 0.1) is 27.7 Å². The Balaban J connectivity index is -0.000000571. The molecule has 3 rings (SSSR count). The maximum absolute atomic E-state index is 12.9. The molecule has 0 spiro atoms. The molecular formula is C26H39F6IN4O10S2. The van der Waals surface area contributed by atoms with Crippen molar-refractivity contribution in [2.24, 2.45) is 14.1 Å². The molecule has 0 bridgehead atoms. The number of anilines is 2. The zero-order valence-corrected chi connectivity index (χ0v) is 31.7. The topological polar surface area (TPSA) is 217 Å². The summed E-state index contributed by atoms with van der Waals surface area (Å²) in [4.78, 5) is 10.9. The smallest absolute Gasteiger partial charge is 0.495 e. The Kier molecular flexibility index (Phi) is 21.9. The predicted octanol–water partition coefficient (Wildman–Crippen LogP) is 4.41. The molecule has 0 amide bonds. The molecule has 284 valence electrons. The number of halogens is 7. The Labute approximate surface area is 294 Å². The summed E-state index contributed by atoms with van der Waals surface area (Å²) in [6.07, 6.45) is -9.43. The summed E-state index contributed by atoms with van der Waals surface area (Å²) in [6.45, 7) is 7.83. The van der Waals surface area contributed by atoms with Gasteiger partial charge < -0.3 is 21.1 Å². The number of nitrogens with two attached hydrogens (primary N) is 2. The van der Waals surface area contributed by atoms with Crippen LogP contribution in [0.4, 0.5) is 37.7 Å². The first-order valence-corrected chi connectivity index (χ1v) is 17.5. The van der Waals surface area contributed by atoms with Crippen LogP contribution in [0.3, 0.4) is 0 Å². The number of nitrogen functional groups attached to an aromatic ring is 2. The first kappa shape index (κ1) is 50.4. The van der Waals surface area contributed by atoms with E-state index in [9.17, 15) is 47.7 Å². The number of fused-ring (bicyclic) bond motifs is 1. The molecule has 0 saturated heterocycles. The van der Waals surface area contributed by atoms with Gasteiger partial charge in [-0.05, 0) is 79.1 Å². The molecule has 0 aliphatic rings. The molecule has 2 aromatic carbocycles. The van der Waals surface area contributed by atoms with E-state index in [0.29, 0.717) is 22.4 Å². The first-order chi connectivity index (χ1) is 22.0. The number of carboxylic acids is 1. The van der Waals surface area contributed by atoms with Gasteiger partial charge in [-0.3, -0.25) is 12.5 Å². The zero-order chi connectivity index (χ0) is 39.9. The average molecular weight is 873 g/mol. The lowest BCUT2D eigenvalue weighted by Crippen LogP contribution is -2.37. The Bertz CT molecular complexity index is 1630. The number of alkyl halides is 7. The SMILES string of the molecule is CI.COS(=O)(=O)OC.COS(=O)(=O)[O-].Cc1cc(N)c(N)cc1C.Cc1cc2c(cc1C)[n+](C)c(C(F)(F)F)n2C.O=C(O)C(F)(F)F. The van der Waals surface area contributed by atoms with Crippen LogP contribution in [0.2, 0.25) is 0 Å². The Morgan fingerprint density at radius 1 is 0.816 bits per heavy atom. The van der Waals surface area contributed by atoms with E-state index in [1.165, 1.54) is 34.4 Å². The summed E-state index contributed by atoms with van der Waals surface area (Å²) >= 11 is 2.15. The molecule has 0 aliphatic heterocycles. The molecule has 14 nitrogen and oxygen atoms in total. The minimum Gasteiger partial charge on any atom is -0.726 e. The number of imidazole rings is 1. The van der Waals surface area contributed by atoms with Gasteiger partial charge in [0.05, 0.1) is 46.8 Å². The summed E-state index contributed by atoms with van der Waals surface area (Å²) in [5.41, 5.74) is 18.0. The van der Waals surface area contributed by atoms with Gasteiger partial charge in [-0.2, -0.15) is 34.8 Å². The molecule has 0 atom stereocenters. The second kappa shape index (κ2) is 21.3. The second-order valence-corrected chi connectivity index (χ2v) is 11.7. The normalized spacial score (nSPS) is 11.1. The van der Waals surface area contributed by atoms with E-state index in [0.717, 1.165) is 32.5 Å². The summed E-state index contributed by atoms with van der Waals surface area (Å²) in [5, 5.41) is 7.12. The van der Waals surface area contributed by atoms with Gasteiger partial charge in [-0.25, -0.2) is 22.3 Å². The number of rotatable bonds is 3. The highest BCUT2D eigenvalue weighted by Crippen LogP contribution is 2.30. The van der Waals surface area contributed by atoms with E-state index >= 15 is 0 Å². The van der Waals surface area contributed by atoms with Crippen LogP contribution < -0.4 is 16.0 Å². The van der Waals surface area contributed by atoms with Gasteiger partial charge in [0.15, 0.2) is 11.0 Å². The van der Waals surface area contributed by atoms with E-state index in [1.54, 1.807) is 12.1 Å². The van der Waals surface area contributed by atoms with Crippen LogP contribution in [-0.4, -0.2) is 69.5 Å². The lowest BCUT2D eigenvalue weighted by atomic mass is 10.1. The third kappa shape index (κ3) is 19.1. The van der Waals surface area contributed by atoms with Crippen LogP contribution in [0.1, 0.15) is 28.1 Å². The summed E-state index contributed by atoms with van der Waals surface area (Å²) in [5.74, 6) is -3.40. The van der Waals surface area contributed by atoms with Gasteiger partial charge in [-0.1, -0.05) is 22.6 Å². The lowest BCUT2D eigenvalue weighted by molar-refractivity contribution is -0.667. The number of aliphatic carboxylic acids is 1. The van der Waals surface area contributed by atoms with Crippen molar-refractivity contribution in [1.29, 1.82) is 0 Å². The predicted molar refractivity (Wildman–Crippen MR) is 177 cm³/mol. The van der Waals surface area contributed by atoms with Crippen molar-refractivity contribution in [2.45, 2.75) is 40.0 Å². The lowest BCUT2D eigenvalue weighted by Gasteiger charge is -2.03. The van der Waals surface area contributed by atoms with Gasteiger partial charge in [-0.15, -0.1) is 0 Å². The van der Waals surface area contributed by atoms with Crippen molar-refractivity contribution < 1.29 is 74.7 Å². The number of nitrogens with zero attached hydrogens (tertiary/aromatic N) is 2. The minimum absolute atomic E-state index is 0.600. The quantitative estimate of drug-likeness (QED) is 0.0635. The zero-order valence-electron chi connectivity index (χ0n) is 27.9. The molecular weight excluding hydrogens is 833 g/mol. The van der Waals surface area contributed by atoms with Crippen molar-refractivity contribution in [1.82, 2.24) is 4.57 Å². The summed E-state index contributed by atoms with van der Waals surface area (Å²) in [6, 6.07) is 7.37. The molecule has 0 radical (unpaired) electrons. The van der Waals surface area contributed by atoms with E-state index in [4.69, 9.17) is 21.4 Å². The number of aromatic nitrogens is 2. The number of benzene rings is 2. The first-order valence-electron chi connectivity index (χ1n) is 12.7.